The van der Waals surface area contributed by atoms with Crippen molar-refractivity contribution >= 4 is 23.7 Å². The molecule has 2 aliphatic rings. The van der Waals surface area contributed by atoms with Gasteiger partial charge in [0, 0.05) is 28.9 Å². The van der Waals surface area contributed by atoms with Gasteiger partial charge in [-0.1, -0.05) is 29.8 Å². The second-order valence-electron chi connectivity index (χ2n) is 7.02. The lowest BCUT2D eigenvalue weighted by atomic mass is 9.95. The van der Waals surface area contributed by atoms with Gasteiger partial charge in [-0.25, -0.2) is 0 Å². The fourth-order valence-corrected chi connectivity index (χ4v) is 5.58. The van der Waals surface area contributed by atoms with Crippen molar-refractivity contribution in [2.24, 2.45) is 0 Å². The second kappa shape index (κ2) is 6.64. The predicted octanol–water partition coefficient (Wildman–Crippen LogP) is 5.34. The maximum Gasteiger partial charge on any atom is 0.104 e. The predicted molar refractivity (Wildman–Crippen MR) is 107 cm³/mol. The number of hydrogen-bond donors (Lipinski definition) is 1. The molecule has 0 saturated heterocycles. The molecule has 0 amide bonds. The first kappa shape index (κ1) is 16.9. The van der Waals surface area contributed by atoms with Gasteiger partial charge in [-0.3, -0.25) is 0 Å². The van der Waals surface area contributed by atoms with E-state index in [0.29, 0.717) is 0 Å². The second-order valence-corrected chi connectivity index (χ2v) is 8.11. The first-order valence-electron chi connectivity index (χ1n) is 8.92. The summed E-state index contributed by atoms with van der Waals surface area (Å²) >= 11 is 2.02. The number of nitrogens with zero attached hydrogens (tertiary/aromatic N) is 1. The fraction of sp³-hybridized carbons (Fsp3) is 0.333. The number of fused-ring (bicyclic) bond motifs is 5. The summed E-state index contributed by atoms with van der Waals surface area (Å²) in [5.41, 5.74) is 7.21. The van der Waals surface area contributed by atoms with Crippen molar-refractivity contribution in [3.8, 4) is 5.00 Å². The number of benzene rings is 1. The molecule has 0 saturated carbocycles. The molecule has 1 aliphatic heterocycles. The average Bonchev–Trinajstić information content (AvgIpc) is 3.18. The lowest BCUT2D eigenvalue weighted by molar-refractivity contribution is 0.595. The van der Waals surface area contributed by atoms with Crippen molar-refractivity contribution in [3.63, 3.8) is 0 Å². The number of rotatable bonds is 1. The van der Waals surface area contributed by atoms with Crippen LogP contribution in [-0.2, 0) is 19.4 Å². The highest BCUT2D eigenvalue weighted by Crippen LogP contribution is 2.40. The van der Waals surface area contributed by atoms with Crippen LogP contribution in [0.3, 0.4) is 0 Å². The summed E-state index contributed by atoms with van der Waals surface area (Å²) in [7, 11) is 0. The SMILES string of the molecule is Cc1ccc(C2NCc3c(sc4c3CCCC4)-n3cccc32)cc1.Cl. The molecule has 1 atom stereocenters. The molecule has 0 bridgehead atoms. The van der Waals surface area contributed by atoms with Gasteiger partial charge in [-0.05, 0) is 55.9 Å². The van der Waals surface area contributed by atoms with Crippen LogP contribution in [0.25, 0.3) is 5.00 Å². The van der Waals surface area contributed by atoms with E-state index in [1.165, 1.54) is 47.5 Å². The van der Waals surface area contributed by atoms with Gasteiger partial charge in [-0.2, -0.15) is 0 Å². The molecular weight excluding hydrogens is 348 g/mol. The summed E-state index contributed by atoms with van der Waals surface area (Å²) < 4.78 is 2.43. The largest absolute Gasteiger partial charge is 0.310 e. The molecule has 130 valence electrons. The van der Waals surface area contributed by atoms with Gasteiger partial charge in [0.15, 0.2) is 0 Å². The fourth-order valence-electron chi connectivity index (χ4n) is 4.16. The Morgan fingerprint density at radius 3 is 2.68 bits per heavy atom. The number of nitrogens with one attached hydrogen (secondary N) is 1. The summed E-state index contributed by atoms with van der Waals surface area (Å²) in [5.74, 6) is 0. The van der Waals surface area contributed by atoms with E-state index in [1.807, 2.05) is 11.3 Å². The minimum Gasteiger partial charge on any atom is -0.310 e. The van der Waals surface area contributed by atoms with Gasteiger partial charge in [0.2, 0.25) is 0 Å². The van der Waals surface area contributed by atoms with E-state index in [2.05, 4.69) is 59.4 Å². The third-order valence-electron chi connectivity index (χ3n) is 5.45. The van der Waals surface area contributed by atoms with Crippen LogP contribution in [0.15, 0.2) is 42.6 Å². The molecule has 3 aromatic rings. The highest BCUT2D eigenvalue weighted by molar-refractivity contribution is 7.15. The Bertz CT molecular complexity index is 891. The molecule has 5 rings (SSSR count). The van der Waals surface area contributed by atoms with Gasteiger partial charge in [-0.15, -0.1) is 23.7 Å². The summed E-state index contributed by atoms with van der Waals surface area (Å²) in [6.45, 7) is 3.12. The molecule has 0 radical (unpaired) electrons. The molecule has 1 aromatic carbocycles. The number of aromatic nitrogens is 1. The van der Waals surface area contributed by atoms with Gasteiger partial charge in [0.1, 0.15) is 5.00 Å². The number of aryl methyl sites for hydroxylation is 2. The van der Waals surface area contributed by atoms with Crippen molar-refractivity contribution in [3.05, 3.63) is 75.4 Å². The van der Waals surface area contributed by atoms with Crippen LogP contribution >= 0.6 is 23.7 Å². The standard InChI is InChI=1S/C21H22N2S.ClH/c1-14-8-10-15(11-9-14)20-18-6-4-12-23(18)21-17(13-22-20)16-5-2-3-7-19(16)24-21;/h4,6,8-12,20,22H,2-3,5,7,13H2,1H3;1H. The van der Waals surface area contributed by atoms with E-state index in [0.717, 1.165) is 6.54 Å². The minimum absolute atomic E-state index is 0. The van der Waals surface area contributed by atoms with Crippen molar-refractivity contribution in [2.75, 3.05) is 0 Å². The normalized spacial score (nSPS) is 18.5. The molecule has 2 nitrogen and oxygen atoms in total. The van der Waals surface area contributed by atoms with E-state index in [9.17, 15) is 0 Å². The smallest absolute Gasteiger partial charge is 0.104 e. The maximum atomic E-state index is 3.84. The van der Waals surface area contributed by atoms with Crippen LogP contribution < -0.4 is 5.32 Å². The molecule has 0 spiro atoms. The van der Waals surface area contributed by atoms with E-state index < -0.39 is 0 Å². The van der Waals surface area contributed by atoms with E-state index >= 15 is 0 Å². The molecule has 1 N–H and O–H groups in total. The summed E-state index contributed by atoms with van der Waals surface area (Å²) in [4.78, 5) is 1.63. The van der Waals surface area contributed by atoms with Crippen molar-refractivity contribution in [1.82, 2.24) is 9.88 Å². The van der Waals surface area contributed by atoms with E-state index in [4.69, 9.17) is 0 Å². The van der Waals surface area contributed by atoms with E-state index in [1.54, 1.807) is 16.0 Å². The summed E-state index contributed by atoms with van der Waals surface area (Å²) in [5, 5.41) is 5.29. The van der Waals surface area contributed by atoms with Gasteiger partial charge in [0.25, 0.3) is 0 Å². The van der Waals surface area contributed by atoms with Gasteiger partial charge >= 0.3 is 0 Å². The van der Waals surface area contributed by atoms with Crippen LogP contribution in [0.2, 0.25) is 0 Å². The van der Waals surface area contributed by atoms with Crippen LogP contribution in [0, 0.1) is 6.92 Å². The van der Waals surface area contributed by atoms with Gasteiger partial charge in [0.05, 0.1) is 6.04 Å². The number of thiophene rings is 1. The van der Waals surface area contributed by atoms with Crippen LogP contribution in [0.1, 0.15) is 51.7 Å². The highest BCUT2D eigenvalue weighted by Gasteiger charge is 2.28. The lowest BCUT2D eigenvalue weighted by Gasteiger charge is -2.19. The molecule has 1 unspecified atom stereocenters. The zero-order chi connectivity index (χ0) is 16.1. The summed E-state index contributed by atoms with van der Waals surface area (Å²) in [6.07, 6.45) is 7.46. The zero-order valence-corrected chi connectivity index (χ0v) is 16.1. The number of hydrogen-bond acceptors (Lipinski definition) is 2. The lowest BCUT2D eigenvalue weighted by Crippen LogP contribution is -2.21. The monoisotopic (exact) mass is 370 g/mol. The topological polar surface area (TPSA) is 17.0 Å². The molecule has 3 heterocycles. The third kappa shape index (κ3) is 2.75. The Kier molecular flexibility index (Phi) is 4.48. The number of halogens is 1. The molecule has 0 fully saturated rings. The Morgan fingerprint density at radius 1 is 1.04 bits per heavy atom. The van der Waals surface area contributed by atoms with E-state index in [-0.39, 0.29) is 18.4 Å². The zero-order valence-electron chi connectivity index (χ0n) is 14.4. The minimum atomic E-state index is 0. The first-order valence-corrected chi connectivity index (χ1v) is 9.74. The van der Waals surface area contributed by atoms with Gasteiger partial charge < -0.3 is 9.88 Å². The molecular formula is C21H23ClN2S. The summed E-state index contributed by atoms with van der Waals surface area (Å²) in [6, 6.07) is 13.7. The quantitative estimate of drug-likeness (QED) is 0.611. The molecule has 4 heteroatoms. The van der Waals surface area contributed by atoms with Crippen LogP contribution in [0.4, 0.5) is 0 Å². The van der Waals surface area contributed by atoms with Crippen molar-refractivity contribution in [1.29, 1.82) is 0 Å². The molecule has 25 heavy (non-hydrogen) atoms. The Hall–Kier alpha value is -1.55. The molecule has 1 aliphatic carbocycles. The van der Waals surface area contributed by atoms with Crippen LogP contribution in [0.5, 0.6) is 0 Å². The Balaban J connectivity index is 0.00000157. The Morgan fingerprint density at radius 2 is 1.84 bits per heavy atom. The average molecular weight is 371 g/mol. The Labute approximate surface area is 159 Å². The van der Waals surface area contributed by atoms with Crippen molar-refractivity contribution < 1.29 is 0 Å². The molecule has 2 aromatic heterocycles. The third-order valence-corrected chi connectivity index (χ3v) is 6.78. The van der Waals surface area contributed by atoms with Crippen molar-refractivity contribution in [2.45, 2.75) is 45.2 Å². The highest BCUT2D eigenvalue weighted by atomic mass is 35.5. The van der Waals surface area contributed by atoms with Crippen LogP contribution in [-0.4, -0.2) is 4.57 Å². The first-order chi connectivity index (χ1) is 11.8. The maximum absolute atomic E-state index is 3.84.